The van der Waals surface area contributed by atoms with E-state index in [1.54, 1.807) is 6.07 Å². The van der Waals surface area contributed by atoms with Crippen LogP contribution >= 0.6 is 11.6 Å². The van der Waals surface area contributed by atoms with E-state index in [-0.39, 0.29) is 16.3 Å². The molecule has 3 nitrogen and oxygen atoms in total. The van der Waals surface area contributed by atoms with Crippen molar-refractivity contribution in [2.24, 2.45) is 0 Å². The van der Waals surface area contributed by atoms with Crippen molar-refractivity contribution in [1.82, 2.24) is 0 Å². The summed E-state index contributed by atoms with van der Waals surface area (Å²) in [6.07, 6.45) is 2.74. The second-order valence-electron chi connectivity index (χ2n) is 3.34. The van der Waals surface area contributed by atoms with Gasteiger partial charge < -0.3 is 10.2 Å². The quantitative estimate of drug-likeness (QED) is 0.833. The van der Waals surface area contributed by atoms with Crippen LogP contribution in [0.15, 0.2) is 12.1 Å². The second kappa shape index (κ2) is 5.03. The van der Waals surface area contributed by atoms with Gasteiger partial charge in [0.05, 0.1) is 5.02 Å². The predicted molar refractivity (Wildman–Crippen MR) is 58.7 cm³/mol. The first-order valence-corrected chi connectivity index (χ1v) is 5.19. The Kier molecular flexibility index (Phi) is 3.97. The zero-order valence-electron chi connectivity index (χ0n) is 8.46. The molecule has 0 atom stereocenters. The molecular formula is C11H13ClO3. The van der Waals surface area contributed by atoms with E-state index >= 15 is 0 Å². The number of hydrogen-bond donors (Lipinski definition) is 2. The van der Waals surface area contributed by atoms with E-state index in [0.717, 1.165) is 24.8 Å². The number of carboxylic acid groups (broad SMARTS) is 1. The van der Waals surface area contributed by atoms with Crippen LogP contribution in [0.2, 0.25) is 5.02 Å². The number of benzene rings is 1. The zero-order chi connectivity index (χ0) is 11.4. The van der Waals surface area contributed by atoms with Gasteiger partial charge >= 0.3 is 5.97 Å². The average molecular weight is 229 g/mol. The van der Waals surface area contributed by atoms with Crippen LogP contribution in [0.5, 0.6) is 5.75 Å². The van der Waals surface area contributed by atoms with Gasteiger partial charge in [0.1, 0.15) is 11.3 Å². The molecule has 1 aromatic carbocycles. The van der Waals surface area contributed by atoms with Gasteiger partial charge in [-0.2, -0.15) is 0 Å². The van der Waals surface area contributed by atoms with Crippen LogP contribution in [-0.4, -0.2) is 16.2 Å². The normalized spacial score (nSPS) is 10.3. The SMILES string of the molecule is CCCCc1ccc(C(=O)O)c(O)c1Cl. The molecule has 0 aromatic heterocycles. The number of aryl methyl sites for hydroxylation is 1. The van der Waals surface area contributed by atoms with Crippen molar-refractivity contribution >= 4 is 17.6 Å². The Morgan fingerprint density at radius 1 is 1.47 bits per heavy atom. The minimum atomic E-state index is -1.17. The topological polar surface area (TPSA) is 57.5 Å². The minimum absolute atomic E-state index is 0.153. The van der Waals surface area contributed by atoms with Crippen molar-refractivity contribution in [2.75, 3.05) is 0 Å². The highest BCUT2D eigenvalue weighted by Gasteiger charge is 2.15. The van der Waals surface area contributed by atoms with E-state index in [9.17, 15) is 9.90 Å². The number of rotatable bonds is 4. The molecule has 0 radical (unpaired) electrons. The number of hydrogen-bond acceptors (Lipinski definition) is 2. The fraction of sp³-hybridized carbons (Fsp3) is 0.364. The maximum Gasteiger partial charge on any atom is 0.339 e. The number of unbranched alkanes of at least 4 members (excludes halogenated alkanes) is 1. The molecule has 0 unspecified atom stereocenters. The molecule has 2 N–H and O–H groups in total. The molecule has 4 heteroatoms. The van der Waals surface area contributed by atoms with Gasteiger partial charge in [0.25, 0.3) is 0 Å². The maximum atomic E-state index is 10.7. The van der Waals surface area contributed by atoms with Gasteiger partial charge in [0.2, 0.25) is 0 Å². The molecule has 0 aliphatic carbocycles. The van der Waals surface area contributed by atoms with E-state index in [0.29, 0.717) is 0 Å². The summed E-state index contributed by atoms with van der Waals surface area (Å²) in [6.45, 7) is 2.05. The van der Waals surface area contributed by atoms with E-state index in [1.807, 2.05) is 0 Å². The Hall–Kier alpha value is -1.22. The highest BCUT2D eigenvalue weighted by atomic mass is 35.5. The lowest BCUT2D eigenvalue weighted by molar-refractivity contribution is 0.0693. The summed E-state index contributed by atoms with van der Waals surface area (Å²) in [5, 5.41) is 18.4. The van der Waals surface area contributed by atoms with Crippen molar-refractivity contribution in [1.29, 1.82) is 0 Å². The van der Waals surface area contributed by atoms with Crippen LogP contribution in [0.4, 0.5) is 0 Å². The number of halogens is 1. The van der Waals surface area contributed by atoms with Gasteiger partial charge in [-0.15, -0.1) is 0 Å². The second-order valence-corrected chi connectivity index (χ2v) is 3.72. The molecule has 1 rings (SSSR count). The molecular weight excluding hydrogens is 216 g/mol. The largest absolute Gasteiger partial charge is 0.505 e. The molecule has 0 saturated heterocycles. The van der Waals surface area contributed by atoms with Gasteiger partial charge in [-0.1, -0.05) is 31.0 Å². The molecule has 0 saturated carbocycles. The van der Waals surface area contributed by atoms with E-state index < -0.39 is 5.97 Å². The lowest BCUT2D eigenvalue weighted by Crippen LogP contribution is -1.98. The Labute approximate surface area is 93.3 Å². The fourth-order valence-corrected chi connectivity index (χ4v) is 1.60. The lowest BCUT2D eigenvalue weighted by atomic mass is 10.1. The van der Waals surface area contributed by atoms with Crippen molar-refractivity contribution < 1.29 is 15.0 Å². The van der Waals surface area contributed by atoms with Crippen LogP contribution in [-0.2, 0) is 6.42 Å². The van der Waals surface area contributed by atoms with Crippen LogP contribution < -0.4 is 0 Å². The summed E-state index contributed by atoms with van der Waals surface area (Å²) in [6, 6.07) is 3.04. The summed E-state index contributed by atoms with van der Waals surface area (Å²) < 4.78 is 0. The first-order chi connectivity index (χ1) is 7.07. The third-order valence-corrected chi connectivity index (χ3v) is 2.65. The minimum Gasteiger partial charge on any atom is -0.505 e. The lowest BCUT2D eigenvalue weighted by Gasteiger charge is -2.07. The molecule has 0 fully saturated rings. The van der Waals surface area contributed by atoms with Crippen molar-refractivity contribution in [3.63, 3.8) is 0 Å². The van der Waals surface area contributed by atoms with Gasteiger partial charge in [0, 0.05) is 0 Å². The fourth-order valence-electron chi connectivity index (χ4n) is 1.34. The van der Waals surface area contributed by atoms with E-state index in [2.05, 4.69) is 6.92 Å². The van der Waals surface area contributed by atoms with Crippen molar-refractivity contribution in [2.45, 2.75) is 26.2 Å². The van der Waals surface area contributed by atoms with Crippen molar-refractivity contribution in [3.05, 3.63) is 28.3 Å². The zero-order valence-corrected chi connectivity index (χ0v) is 9.21. The molecule has 82 valence electrons. The average Bonchev–Trinajstić information content (AvgIpc) is 2.20. The Balaban J connectivity index is 3.04. The number of phenols is 1. The van der Waals surface area contributed by atoms with E-state index in [1.165, 1.54) is 6.07 Å². The van der Waals surface area contributed by atoms with Gasteiger partial charge in [-0.25, -0.2) is 4.79 Å². The van der Waals surface area contributed by atoms with Crippen LogP contribution in [0.1, 0.15) is 35.7 Å². The molecule has 0 heterocycles. The highest BCUT2D eigenvalue weighted by molar-refractivity contribution is 6.33. The van der Waals surface area contributed by atoms with Gasteiger partial charge in [-0.05, 0) is 24.5 Å². The van der Waals surface area contributed by atoms with Crippen LogP contribution in [0.3, 0.4) is 0 Å². The Morgan fingerprint density at radius 3 is 2.67 bits per heavy atom. The standard InChI is InChI=1S/C11H13ClO3/c1-2-3-4-7-5-6-8(11(14)15)10(13)9(7)12/h5-6,13H,2-4H2,1H3,(H,14,15). The molecule has 0 aliphatic rings. The predicted octanol–water partition coefficient (Wildman–Crippen LogP) is 3.09. The van der Waals surface area contributed by atoms with Crippen LogP contribution in [0, 0.1) is 0 Å². The number of aromatic carboxylic acids is 1. The molecule has 0 bridgehead atoms. The Morgan fingerprint density at radius 2 is 2.13 bits per heavy atom. The summed E-state index contributed by atoms with van der Waals surface area (Å²) in [4.78, 5) is 10.7. The summed E-state index contributed by atoms with van der Waals surface area (Å²) in [5.41, 5.74) is 0.640. The summed E-state index contributed by atoms with van der Waals surface area (Å²) >= 11 is 5.86. The van der Waals surface area contributed by atoms with E-state index in [4.69, 9.17) is 16.7 Å². The maximum absolute atomic E-state index is 10.7. The molecule has 0 spiro atoms. The number of carboxylic acids is 1. The first kappa shape index (κ1) is 11.9. The number of aromatic hydroxyl groups is 1. The third-order valence-electron chi connectivity index (χ3n) is 2.23. The molecule has 0 amide bonds. The van der Waals surface area contributed by atoms with Gasteiger partial charge in [0.15, 0.2) is 0 Å². The van der Waals surface area contributed by atoms with Crippen molar-refractivity contribution in [3.8, 4) is 5.75 Å². The smallest absolute Gasteiger partial charge is 0.339 e. The molecule has 0 aliphatic heterocycles. The highest BCUT2D eigenvalue weighted by Crippen LogP contribution is 2.31. The number of carbonyl (C=O) groups is 1. The molecule has 15 heavy (non-hydrogen) atoms. The first-order valence-electron chi connectivity index (χ1n) is 4.81. The third kappa shape index (κ3) is 2.63. The molecule has 1 aromatic rings. The summed E-state index contributed by atoms with van der Waals surface area (Å²) in [7, 11) is 0. The van der Waals surface area contributed by atoms with Crippen LogP contribution in [0.25, 0.3) is 0 Å². The Bertz CT molecular complexity index is 374. The summed E-state index contributed by atoms with van der Waals surface area (Å²) in [5.74, 6) is -1.51. The monoisotopic (exact) mass is 228 g/mol. The van der Waals surface area contributed by atoms with Gasteiger partial charge in [-0.3, -0.25) is 0 Å².